The Kier molecular flexibility index (Phi) is 9.64. The number of amides is 3. The fraction of sp³-hybridized carbons (Fsp3) is 0.423. The quantitative estimate of drug-likeness (QED) is 0.214. The van der Waals surface area contributed by atoms with Gasteiger partial charge in [-0.15, -0.1) is 0 Å². The van der Waals surface area contributed by atoms with Gasteiger partial charge in [0.1, 0.15) is 23.6 Å². The maximum absolute atomic E-state index is 13.3. The fourth-order valence-electron chi connectivity index (χ4n) is 4.28. The summed E-state index contributed by atoms with van der Waals surface area (Å²) in [5.74, 6) is -2.16. The van der Waals surface area contributed by atoms with E-state index in [1.807, 2.05) is 0 Å². The zero-order valence-electron chi connectivity index (χ0n) is 21.1. The van der Waals surface area contributed by atoms with E-state index in [-0.39, 0.29) is 50.5 Å². The van der Waals surface area contributed by atoms with Crippen LogP contribution in [0.2, 0.25) is 0 Å². The third-order valence-corrected chi connectivity index (χ3v) is 6.53. The van der Waals surface area contributed by atoms with Crippen molar-refractivity contribution in [2.24, 2.45) is 11.5 Å². The number of phenols is 2. The first kappa shape index (κ1) is 28.9. The molecule has 1 aliphatic rings. The first-order valence-electron chi connectivity index (χ1n) is 12.3. The summed E-state index contributed by atoms with van der Waals surface area (Å²) in [5.41, 5.74) is 13.7. The number of nitrogens with one attached hydrogen (secondary N) is 2. The molecule has 0 unspecified atom stereocenters. The molecule has 0 aliphatic carbocycles. The van der Waals surface area contributed by atoms with Gasteiger partial charge in [0.25, 0.3) is 0 Å². The Bertz CT molecular complexity index is 1170. The number of aliphatic hydroxyl groups is 2. The van der Waals surface area contributed by atoms with Gasteiger partial charge >= 0.3 is 0 Å². The second-order valence-electron chi connectivity index (χ2n) is 9.43. The maximum Gasteiger partial charge on any atom is 0.245 e. The van der Waals surface area contributed by atoms with Crippen molar-refractivity contribution in [2.45, 2.75) is 43.5 Å². The first-order valence-corrected chi connectivity index (χ1v) is 12.3. The minimum absolute atomic E-state index is 0.00835. The van der Waals surface area contributed by atoms with Crippen molar-refractivity contribution in [1.82, 2.24) is 15.5 Å². The molecule has 3 amide bonds. The second-order valence-corrected chi connectivity index (χ2v) is 9.43. The van der Waals surface area contributed by atoms with E-state index in [0.717, 1.165) is 0 Å². The Hall–Kier alpha value is -3.71. The number of aliphatic hydroxyl groups excluding tert-OH is 2. The predicted octanol–water partition coefficient (Wildman–Crippen LogP) is -1.68. The standard InChI is InChI=1S/C26H35N5O7/c1-31(6-7-32)26(38)21-11-17-9-15(3-5-23(17)35)14-2-4-22(34)16(8-14)10-19(28)24(36)29-20(25(37)30-21)12-18(33)13-27/h2-5,8-9,18-21,32-35H,6-7,10-13,27-28H2,1H3,(H,29,36)(H,30,37)/t18-,19+,20-,21-/m1/s1. The Labute approximate surface area is 220 Å². The van der Waals surface area contributed by atoms with E-state index >= 15 is 0 Å². The average molecular weight is 530 g/mol. The number of phenolic OH excluding ortho intramolecular Hbond substituents is 2. The smallest absolute Gasteiger partial charge is 0.245 e. The number of nitrogens with zero attached hydrogens (tertiary/aromatic N) is 1. The lowest BCUT2D eigenvalue weighted by atomic mass is 9.95. The molecule has 206 valence electrons. The average Bonchev–Trinajstić information content (AvgIpc) is 2.89. The summed E-state index contributed by atoms with van der Waals surface area (Å²) in [7, 11) is 1.46. The van der Waals surface area contributed by atoms with Crippen LogP contribution in [0, 0.1) is 0 Å². The summed E-state index contributed by atoms with van der Waals surface area (Å²) in [5, 5.41) is 45.5. The molecule has 38 heavy (non-hydrogen) atoms. The monoisotopic (exact) mass is 529 g/mol. The lowest BCUT2D eigenvalue weighted by Crippen LogP contribution is -2.57. The van der Waals surface area contributed by atoms with E-state index in [1.165, 1.54) is 24.1 Å². The molecule has 12 heteroatoms. The van der Waals surface area contributed by atoms with Crippen LogP contribution in [-0.2, 0) is 27.2 Å². The van der Waals surface area contributed by atoms with Crippen molar-refractivity contribution < 1.29 is 34.8 Å². The Morgan fingerprint density at radius 1 is 1.03 bits per heavy atom. The topological polar surface area (TPSA) is 211 Å². The van der Waals surface area contributed by atoms with Crippen LogP contribution in [0.1, 0.15) is 17.5 Å². The van der Waals surface area contributed by atoms with E-state index < -0.39 is 42.0 Å². The van der Waals surface area contributed by atoms with Gasteiger partial charge in [-0.25, -0.2) is 0 Å². The number of hydrogen-bond acceptors (Lipinski definition) is 9. The molecular formula is C26H35N5O7. The molecule has 0 fully saturated rings. The lowest BCUT2D eigenvalue weighted by molar-refractivity contribution is -0.137. The van der Waals surface area contributed by atoms with Crippen LogP contribution in [0.3, 0.4) is 0 Å². The zero-order valence-corrected chi connectivity index (χ0v) is 21.1. The third kappa shape index (κ3) is 6.98. The van der Waals surface area contributed by atoms with E-state index in [0.29, 0.717) is 22.3 Å². The molecule has 4 atom stereocenters. The van der Waals surface area contributed by atoms with Crippen molar-refractivity contribution in [3.63, 3.8) is 0 Å². The van der Waals surface area contributed by atoms with Crippen molar-refractivity contribution in [3.05, 3.63) is 47.5 Å². The Morgan fingerprint density at radius 3 is 2.16 bits per heavy atom. The maximum atomic E-state index is 13.3. The molecule has 0 saturated heterocycles. The normalized spacial score (nSPS) is 20.9. The van der Waals surface area contributed by atoms with Crippen LogP contribution in [0.25, 0.3) is 11.1 Å². The number of carbonyl (C=O) groups excluding carboxylic acids is 3. The van der Waals surface area contributed by atoms with Gasteiger partial charge in [0.2, 0.25) is 17.7 Å². The van der Waals surface area contributed by atoms with Crippen molar-refractivity contribution in [2.75, 3.05) is 26.7 Å². The van der Waals surface area contributed by atoms with Crippen LogP contribution in [-0.4, -0.2) is 94.0 Å². The highest BCUT2D eigenvalue weighted by Gasteiger charge is 2.32. The molecule has 0 spiro atoms. The Morgan fingerprint density at radius 2 is 1.61 bits per heavy atom. The van der Waals surface area contributed by atoms with Crippen LogP contribution in [0.15, 0.2) is 36.4 Å². The number of fused-ring (bicyclic) bond motifs is 5. The molecule has 3 rings (SSSR count). The Balaban J connectivity index is 2.12. The second kappa shape index (κ2) is 12.7. The van der Waals surface area contributed by atoms with Gasteiger partial charge in [-0.2, -0.15) is 0 Å². The molecule has 2 aromatic rings. The van der Waals surface area contributed by atoms with Gasteiger partial charge in [-0.1, -0.05) is 12.1 Å². The minimum atomic E-state index is -1.28. The molecule has 4 bridgehead atoms. The molecule has 1 heterocycles. The van der Waals surface area contributed by atoms with Gasteiger partial charge in [-0.3, -0.25) is 14.4 Å². The molecule has 12 nitrogen and oxygen atoms in total. The largest absolute Gasteiger partial charge is 0.508 e. The lowest BCUT2D eigenvalue weighted by Gasteiger charge is -2.28. The highest BCUT2D eigenvalue weighted by molar-refractivity contribution is 5.93. The number of carbonyl (C=O) groups is 3. The number of likely N-dealkylation sites (N-methyl/N-ethyl adjacent to an activating group) is 1. The van der Waals surface area contributed by atoms with E-state index in [9.17, 15) is 34.8 Å². The van der Waals surface area contributed by atoms with E-state index in [4.69, 9.17) is 11.5 Å². The van der Waals surface area contributed by atoms with Gasteiger partial charge < -0.3 is 47.4 Å². The molecule has 1 aliphatic heterocycles. The first-order chi connectivity index (χ1) is 18.0. The fourth-order valence-corrected chi connectivity index (χ4v) is 4.28. The van der Waals surface area contributed by atoms with E-state index in [1.54, 1.807) is 24.3 Å². The van der Waals surface area contributed by atoms with Gasteiger partial charge in [0, 0.05) is 39.4 Å². The number of nitrogens with two attached hydrogens (primary N) is 2. The summed E-state index contributed by atoms with van der Waals surface area (Å²) < 4.78 is 0. The zero-order chi connectivity index (χ0) is 28.0. The number of benzene rings is 2. The highest BCUT2D eigenvalue weighted by Crippen LogP contribution is 2.31. The van der Waals surface area contributed by atoms with E-state index in [2.05, 4.69) is 10.6 Å². The highest BCUT2D eigenvalue weighted by atomic mass is 16.3. The summed E-state index contributed by atoms with van der Waals surface area (Å²) >= 11 is 0. The van der Waals surface area contributed by atoms with Gasteiger partial charge in [0.15, 0.2) is 0 Å². The number of rotatable bonds is 6. The summed E-state index contributed by atoms with van der Waals surface area (Å²) in [4.78, 5) is 40.7. The summed E-state index contributed by atoms with van der Waals surface area (Å²) in [6.07, 6.45) is -1.52. The molecule has 2 aromatic carbocycles. The SMILES string of the molecule is CN(CCO)C(=O)[C@H]1Cc2cc(ccc2O)-c2ccc(O)c(c2)C[C@H](N)C(=O)N[C@H](C[C@@H](O)CN)C(=O)N1. The van der Waals surface area contributed by atoms with Gasteiger partial charge in [-0.05, 0) is 46.5 Å². The third-order valence-electron chi connectivity index (χ3n) is 6.53. The molecule has 0 radical (unpaired) electrons. The molecule has 10 N–H and O–H groups in total. The predicted molar refractivity (Wildman–Crippen MR) is 139 cm³/mol. The molecule has 0 aromatic heterocycles. The minimum Gasteiger partial charge on any atom is -0.508 e. The van der Waals surface area contributed by atoms with Crippen LogP contribution >= 0.6 is 0 Å². The molecule has 0 saturated carbocycles. The van der Waals surface area contributed by atoms with Crippen molar-refractivity contribution in [3.8, 4) is 22.6 Å². The van der Waals surface area contributed by atoms with Gasteiger partial charge in [0.05, 0.1) is 18.8 Å². The molecular weight excluding hydrogens is 494 g/mol. The number of aromatic hydroxyl groups is 2. The van der Waals surface area contributed by atoms with Crippen LogP contribution in [0.5, 0.6) is 11.5 Å². The number of hydrogen-bond donors (Lipinski definition) is 8. The van der Waals surface area contributed by atoms with Crippen LogP contribution < -0.4 is 22.1 Å². The summed E-state index contributed by atoms with van der Waals surface area (Å²) in [6, 6.07) is 6.01. The summed E-state index contributed by atoms with van der Waals surface area (Å²) in [6.45, 7) is -0.463. The van der Waals surface area contributed by atoms with Crippen molar-refractivity contribution >= 4 is 17.7 Å². The van der Waals surface area contributed by atoms with Crippen LogP contribution in [0.4, 0.5) is 0 Å². The van der Waals surface area contributed by atoms with Crippen molar-refractivity contribution in [1.29, 1.82) is 0 Å².